The highest BCUT2D eigenvalue weighted by atomic mass is 16.4. The zero-order valence-corrected chi connectivity index (χ0v) is 15.1. The molecule has 0 aliphatic rings. The van der Waals surface area contributed by atoms with Crippen molar-refractivity contribution in [3.63, 3.8) is 0 Å². The fraction of sp³-hybridized carbons (Fsp3) is 0.167. The normalized spacial score (nSPS) is 10.1. The van der Waals surface area contributed by atoms with Crippen molar-refractivity contribution < 1.29 is 19.8 Å². The Morgan fingerprint density at radius 3 is 2.39 bits per heavy atom. The lowest BCUT2D eigenvalue weighted by Crippen LogP contribution is -2.13. The largest absolute Gasteiger partial charge is 0.505 e. The van der Waals surface area contributed by atoms with Crippen molar-refractivity contribution in [3.8, 4) is 17.0 Å². The fourth-order valence-electron chi connectivity index (χ4n) is 2.17. The minimum absolute atomic E-state index is 0.166. The Morgan fingerprint density at radius 1 is 1.21 bits per heavy atom. The van der Waals surface area contributed by atoms with Gasteiger partial charge in [0.15, 0.2) is 5.69 Å². The molecule has 0 fully saturated rings. The van der Waals surface area contributed by atoms with Gasteiger partial charge in [0, 0.05) is 11.8 Å². The smallest absolute Gasteiger partial charge is 0.317 e. The highest BCUT2D eigenvalue weighted by Gasteiger charge is 2.12. The number of benzene rings is 1. The van der Waals surface area contributed by atoms with E-state index in [9.17, 15) is 14.7 Å². The lowest BCUT2D eigenvalue weighted by atomic mass is 10.1. The second kappa shape index (κ2) is 9.24. The summed E-state index contributed by atoms with van der Waals surface area (Å²) in [6, 6.07) is 9.54. The molecule has 0 aliphatic carbocycles. The number of hydrogen-bond acceptors (Lipinski definition) is 7. The Hall–Kier alpha value is -3.79. The lowest BCUT2D eigenvalue weighted by Gasteiger charge is -2.02. The van der Waals surface area contributed by atoms with Crippen LogP contribution < -0.4 is 11.5 Å². The molecule has 3 rings (SSSR count). The van der Waals surface area contributed by atoms with Gasteiger partial charge >= 0.3 is 5.97 Å². The maximum Gasteiger partial charge on any atom is 0.317 e. The zero-order valence-electron chi connectivity index (χ0n) is 15.1. The number of carbonyl (C=O) groups is 2. The first kappa shape index (κ1) is 20.5. The van der Waals surface area contributed by atoms with E-state index in [1.165, 1.54) is 17.8 Å². The molecule has 0 radical (unpaired) electrons. The Bertz CT molecular complexity index is 968. The summed E-state index contributed by atoms with van der Waals surface area (Å²) in [5.74, 6) is -2.02. The number of rotatable bonds is 5. The second-order valence-electron chi connectivity index (χ2n) is 5.84. The number of nitrogens with zero attached hydrogens (tertiary/aromatic N) is 4. The molecule has 0 spiro atoms. The molecule has 28 heavy (non-hydrogen) atoms. The number of nitrogens with two attached hydrogens (primary N) is 2. The van der Waals surface area contributed by atoms with Gasteiger partial charge in [-0.15, -0.1) is 5.10 Å². The summed E-state index contributed by atoms with van der Waals surface area (Å²) in [6.07, 6.45) is 3.18. The number of aryl methyl sites for hydroxylation is 1. The molecule has 1 aromatic carbocycles. The summed E-state index contributed by atoms with van der Waals surface area (Å²) < 4.78 is 1.69. The van der Waals surface area contributed by atoms with Gasteiger partial charge in [-0.3, -0.25) is 9.59 Å². The summed E-state index contributed by atoms with van der Waals surface area (Å²) in [6.45, 7) is 2.35. The number of carboxylic acids is 1. The van der Waals surface area contributed by atoms with Crippen molar-refractivity contribution in [3.05, 3.63) is 59.5 Å². The van der Waals surface area contributed by atoms with Crippen LogP contribution in [0.25, 0.3) is 11.3 Å². The van der Waals surface area contributed by atoms with Crippen LogP contribution in [0.2, 0.25) is 0 Å². The van der Waals surface area contributed by atoms with E-state index in [1.807, 2.05) is 31.2 Å². The van der Waals surface area contributed by atoms with Crippen LogP contribution in [-0.2, 0) is 11.3 Å². The Morgan fingerprint density at radius 2 is 1.86 bits per heavy atom. The Balaban J connectivity index is 0.000000500. The highest BCUT2D eigenvalue weighted by molar-refractivity contribution is 5.93. The number of amides is 1. The molecule has 2 aromatic heterocycles. The van der Waals surface area contributed by atoms with Gasteiger partial charge in [0.25, 0.3) is 5.91 Å². The SMILES string of the molecule is Cc1ccc(Cn2cc(-c3cnc(C(N)=O)c(O)c3)nn2)cc1.NCC(=O)O. The van der Waals surface area contributed by atoms with Gasteiger partial charge in [-0.25, -0.2) is 9.67 Å². The number of carbonyl (C=O) groups excluding carboxylic acids is 1. The number of primary amides is 1. The van der Waals surface area contributed by atoms with Gasteiger partial charge in [-0.05, 0) is 18.6 Å². The van der Waals surface area contributed by atoms with E-state index >= 15 is 0 Å². The van der Waals surface area contributed by atoms with E-state index in [2.05, 4.69) is 21.0 Å². The molecule has 0 unspecified atom stereocenters. The third-order valence-electron chi connectivity index (χ3n) is 3.58. The van der Waals surface area contributed by atoms with Crippen molar-refractivity contribution in [2.45, 2.75) is 13.5 Å². The minimum atomic E-state index is -0.968. The van der Waals surface area contributed by atoms with Crippen LogP contribution in [0.1, 0.15) is 21.6 Å². The van der Waals surface area contributed by atoms with Gasteiger partial charge in [0.2, 0.25) is 0 Å². The molecule has 2 heterocycles. The van der Waals surface area contributed by atoms with Crippen LogP contribution in [0.3, 0.4) is 0 Å². The lowest BCUT2D eigenvalue weighted by molar-refractivity contribution is -0.135. The molecule has 0 aliphatic heterocycles. The van der Waals surface area contributed by atoms with Crippen LogP contribution in [0.4, 0.5) is 0 Å². The second-order valence-corrected chi connectivity index (χ2v) is 5.84. The molecular formula is C18H20N6O4. The molecule has 146 valence electrons. The molecule has 3 aromatic rings. The van der Waals surface area contributed by atoms with Gasteiger partial charge in [0.1, 0.15) is 11.4 Å². The number of aliphatic carboxylic acids is 1. The zero-order chi connectivity index (χ0) is 20.7. The highest BCUT2D eigenvalue weighted by Crippen LogP contribution is 2.22. The summed E-state index contributed by atoms with van der Waals surface area (Å²) in [7, 11) is 0. The van der Waals surface area contributed by atoms with Crippen molar-refractivity contribution in [2.75, 3.05) is 6.54 Å². The van der Waals surface area contributed by atoms with Crippen LogP contribution in [-0.4, -0.2) is 48.6 Å². The number of carboxylic acid groups (broad SMARTS) is 1. The summed E-state index contributed by atoms with van der Waals surface area (Å²) in [4.78, 5) is 24.2. The topological polar surface area (TPSA) is 170 Å². The van der Waals surface area contributed by atoms with Crippen LogP contribution in [0.15, 0.2) is 42.7 Å². The predicted molar refractivity (Wildman–Crippen MR) is 100 cm³/mol. The van der Waals surface area contributed by atoms with Crippen LogP contribution in [0, 0.1) is 6.92 Å². The number of aromatic hydroxyl groups is 1. The number of pyridine rings is 1. The van der Waals surface area contributed by atoms with Gasteiger partial charge in [-0.2, -0.15) is 0 Å². The molecule has 1 amide bonds. The van der Waals surface area contributed by atoms with Crippen LogP contribution >= 0.6 is 0 Å². The van der Waals surface area contributed by atoms with E-state index in [0.717, 1.165) is 5.56 Å². The van der Waals surface area contributed by atoms with Crippen molar-refractivity contribution in [1.29, 1.82) is 0 Å². The average molecular weight is 384 g/mol. The summed E-state index contributed by atoms with van der Waals surface area (Å²) in [5, 5.41) is 25.5. The van der Waals surface area contributed by atoms with Gasteiger partial charge in [-0.1, -0.05) is 35.0 Å². The number of aromatic nitrogens is 4. The van der Waals surface area contributed by atoms with E-state index in [0.29, 0.717) is 17.8 Å². The Kier molecular flexibility index (Phi) is 6.77. The molecule has 6 N–H and O–H groups in total. The fourth-order valence-corrected chi connectivity index (χ4v) is 2.17. The minimum Gasteiger partial charge on any atom is -0.505 e. The third-order valence-corrected chi connectivity index (χ3v) is 3.58. The van der Waals surface area contributed by atoms with E-state index in [-0.39, 0.29) is 18.0 Å². The number of hydrogen-bond donors (Lipinski definition) is 4. The standard InChI is InChI=1S/C16H15N5O2.C2H5NO2/c1-10-2-4-11(5-3-10)8-21-9-13(19-20-21)12-6-14(22)15(16(17)23)18-7-12;3-1-2(4)5/h2-7,9,22H,8H2,1H3,(H2,17,23);1,3H2,(H,4,5). The first-order valence-electron chi connectivity index (χ1n) is 8.17. The molecular weight excluding hydrogens is 364 g/mol. The molecule has 10 nitrogen and oxygen atoms in total. The Labute approximate surface area is 160 Å². The van der Waals surface area contributed by atoms with E-state index < -0.39 is 11.9 Å². The monoisotopic (exact) mass is 384 g/mol. The molecule has 0 atom stereocenters. The van der Waals surface area contributed by atoms with Crippen molar-refractivity contribution in [1.82, 2.24) is 20.0 Å². The molecule has 0 saturated heterocycles. The van der Waals surface area contributed by atoms with E-state index in [1.54, 1.807) is 10.9 Å². The third kappa shape index (κ3) is 5.61. The van der Waals surface area contributed by atoms with Crippen molar-refractivity contribution in [2.24, 2.45) is 11.5 Å². The summed E-state index contributed by atoms with van der Waals surface area (Å²) >= 11 is 0. The first-order chi connectivity index (χ1) is 13.3. The molecule has 0 saturated carbocycles. The predicted octanol–water partition coefficient (Wildman–Crippen LogP) is 0.531. The summed E-state index contributed by atoms with van der Waals surface area (Å²) in [5.41, 5.74) is 12.9. The van der Waals surface area contributed by atoms with Gasteiger partial charge in [0.05, 0.1) is 19.3 Å². The quantitative estimate of drug-likeness (QED) is 0.493. The first-order valence-corrected chi connectivity index (χ1v) is 8.17. The van der Waals surface area contributed by atoms with Gasteiger partial charge < -0.3 is 21.7 Å². The maximum absolute atomic E-state index is 11.1. The van der Waals surface area contributed by atoms with E-state index in [4.69, 9.17) is 10.8 Å². The average Bonchev–Trinajstić information content (AvgIpc) is 3.12. The molecule has 10 heteroatoms. The van der Waals surface area contributed by atoms with Crippen LogP contribution in [0.5, 0.6) is 5.75 Å². The van der Waals surface area contributed by atoms with Crippen molar-refractivity contribution >= 4 is 11.9 Å². The maximum atomic E-state index is 11.1. The molecule has 0 bridgehead atoms.